The molecule has 4 nitrogen and oxygen atoms in total. The molecular weight excluding hydrogens is 218 g/mol. The molecular formula is C13H15NO3. The zero-order valence-corrected chi connectivity index (χ0v) is 10.0. The van der Waals surface area contributed by atoms with Crippen LogP contribution in [0.3, 0.4) is 0 Å². The van der Waals surface area contributed by atoms with E-state index in [9.17, 15) is 4.79 Å². The summed E-state index contributed by atoms with van der Waals surface area (Å²) in [4.78, 5) is 15.5. The molecule has 2 rings (SSSR count). The van der Waals surface area contributed by atoms with E-state index < -0.39 is 6.16 Å². The molecule has 0 amide bonds. The van der Waals surface area contributed by atoms with Crippen molar-refractivity contribution in [3.63, 3.8) is 0 Å². The third-order valence-corrected chi connectivity index (χ3v) is 2.83. The number of fused-ring (bicyclic) bond motifs is 1. The van der Waals surface area contributed by atoms with Crippen molar-refractivity contribution in [2.75, 3.05) is 7.11 Å². The van der Waals surface area contributed by atoms with Crippen LogP contribution in [0.2, 0.25) is 0 Å². The fourth-order valence-electron chi connectivity index (χ4n) is 2.02. The molecule has 0 N–H and O–H groups in total. The summed E-state index contributed by atoms with van der Waals surface area (Å²) >= 11 is 0. The number of hydrogen-bond acceptors (Lipinski definition) is 4. The smallest absolute Gasteiger partial charge is 0.436 e. The molecule has 90 valence electrons. The standard InChI is InChI=1S/C13H15NO3/c1-9-6-7-11-10(8-9)4-3-5-12(11)14-17-13(15)16-2/h6-8H,3-5H2,1-2H3/b14-12-. The van der Waals surface area contributed by atoms with E-state index in [1.165, 1.54) is 18.2 Å². The molecule has 0 atom stereocenters. The van der Waals surface area contributed by atoms with E-state index in [0.717, 1.165) is 30.5 Å². The van der Waals surface area contributed by atoms with Gasteiger partial charge in [-0.05, 0) is 31.7 Å². The van der Waals surface area contributed by atoms with E-state index in [1.54, 1.807) is 0 Å². The molecule has 0 aliphatic heterocycles. The number of rotatable bonds is 1. The number of hydrogen-bond donors (Lipinski definition) is 0. The molecule has 17 heavy (non-hydrogen) atoms. The van der Waals surface area contributed by atoms with Crippen molar-refractivity contribution in [1.82, 2.24) is 0 Å². The monoisotopic (exact) mass is 233 g/mol. The average Bonchev–Trinajstić information content (AvgIpc) is 2.35. The Balaban J connectivity index is 2.25. The molecule has 0 bridgehead atoms. The minimum Gasteiger partial charge on any atom is -0.436 e. The maximum Gasteiger partial charge on any atom is 0.534 e. The second-order valence-electron chi connectivity index (χ2n) is 4.10. The SMILES string of the molecule is COC(=O)O/N=C1/CCCc2cc(C)ccc21. The summed E-state index contributed by atoms with van der Waals surface area (Å²) in [6.07, 6.45) is 2.12. The zero-order valence-electron chi connectivity index (χ0n) is 10.0. The first kappa shape index (κ1) is 11.6. The largest absolute Gasteiger partial charge is 0.534 e. The van der Waals surface area contributed by atoms with Gasteiger partial charge in [0.2, 0.25) is 0 Å². The lowest BCUT2D eigenvalue weighted by Crippen LogP contribution is -2.13. The average molecular weight is 233 g/mol. The number of carbonyl (C=O) groups excluding carboxylic acids is 1. The van der Waals surface area contributed by atoms with Crippen molar-refractivity contribution in [3.8, 4) is 0 Å². The second kappa shape index (κ2) is 4.99. The van der Waals surface area contributed by atoms with Crippen molar-refractivity contribution in [1.29, 1.82) is 0 Å². The van der Waals surface area contributed by atoms with Crippen LogP contribution in [0.15, 0.2) is 23.4 Å². The van der Waals surface area contributed by atoms with Crippen LogP contribution in [0.4, 0.5) is 4.79 Å². The molecule has 0 unspecified atom stereocenters. The predicted molar refractivity (Wildman–Crippen MR) is 64.1 cm³/mol. The highest BCUT2D eigenvalue weighted by Gasteiger charge is 2.16. The Morgan fingerprint density at radius 3 is 2.94 bits per heavy atom. The minimum atomic E-state index is -0.781. The van der Waals surface area contributed by atoms with Crippen molar-refractivity contribution >= 4 is 11.9 Å². The Kier molecular flexibility index (Phi) is 3.42. The lowest BCUT2D eigenvalue weighted by atomic mass is 9.89. The van der Waals surface area contributed by atoms with Crippen molar-refractivity contribution < 1.29 is 14.4 Å². The van der Waals surface area contributed by atoms with E-state index in [4.69, 9.17) is 0 Å². The van der Waals surface area contributed by atoms with Crippen LogP contribution in [0.5, 0.6) is 0 Å². The van der Waals surface area contributed by atoms with E-state index in [0.29, 0.717) is 0 Å². The molecule has 0 saturated carbocycles. The van der Waals surface area contributed by atoms with Gasteiger partial charge in [-0.15, -0.1) is 0 Å². The van der Waals surface area contributed by atoms with Gasteiger partial charge in [0, 0.05) is 5.56 Å². The molecule has 0 fully saturated rings. The molecule has 1 aliphatic rings. The van der Waals surface area contributed by atoms with Crippen LogP contribution >= 0.6 is 0 Å². The van der Waals surface area contributed by atoms with Crippen molar-refractivity contribution in [2.45, 2.75) is 26.2 Å². The molecule has 0 spiro atoms. The Hall–Kier alpha value is -1.84. The molecule has 0 heterocycles. The number of methoxy groups -OCH3 is 1. The first-order valence-corrected chi connectivity index (χ1v) is 5.62. The number of aryl methyl sites for hydroxylation is 2. The maximum atomic E-state index is 10.9. The number of benzene rings is 1. The highest BCUT2D eigenvalue weighted by molar-refractivity contribution is 6.02. The highest BCUT2D eigenvalue weighted by Crippen LogP contribution is 2.23. The molecule has 0 radical (unpaired) electrons. The lowest BCUT2D eigenvalue weighted by Gasteiger charge is -2.17. The van der Waals surface area contributed by atoms with Gasteiger partial charge in [-0.3, -0.25) is 4.84 Å². The summed E-state index contributed by atoms with van der Waals surface area (Å²) in [6, 6.07) is 6.23. The van der Waals surface area contributed by atoms with Gasteiger partial charge in [-0.25, -0.2) is 4.79 Å². The van der Waals surface area contributed by atoms with Gasteiger partial charge in [-0.2, -0.15) is 0 Å². The number of carbonyl (C=O) groups is 1. The Morgan fingerprint density at radius 2 is 2.18 bits per heavy atom. The van der Waals surface area contributed by atoms with Gasteiger partial charge < -0.3 is 4.74 Å². The van der Waals surface area contributed by atoms with Gasteiger partial charge >= 0.3 is 6.16 Å². The van der Waals surface area contributed by atoms with Crippen LogP contribution in [0, 0.1) is 6.92 Å². The molecule has 0 aromatic heterocycles. The van der Waals surface area contributed by atoms with Gasteiger partial charge in [0.25, 0.3) is 0 Å². The summed E-state index contributed by atoms with van der Waals surface area (Å²) in [7, 11) is 1.26. The summed E-state index contributed by atoms with van der Waals surface area (Å²) in [5, 5.41) is 3.87. The summed E-state index contributed by atoms with van der Waals surface area (Å²) < 4.78 is 4.38. The minimum absolute atomic E-state index is 0.781. The predicted octanol–water partition coefficient (Wildman–Crippen LogP) is 2.82. The van der Waals surface area contributed by atoms with Crippen LogP contribution in [-0.4, -0.2) is 19.0 Å². The van der Waals surface area contributed by atoms with E-state index in [-0.39, 0.29) is 0 Å². The van der Waals surface area contributed by atoms with E-state index >= 15 is 0 Å². The van der Waals surface area contributed by atoms with Crippen LogP contribution in [0.1, 0.15) is 29.5 Å². The maximum absolute atomic E-state index is 10.9. The summed E-state index contributed by atoms with van der Waals surface area (Å²) in [5.41, 5.74) is 4.39. The topological polar surface area (TPSA) is 47.9 Å². The Bertz CT molecular complexity index is 466. The highest BCUT2D eigenvalue weighted by atomic mass is 16.8. The first-order valence-electron chi connectivity index (χ1n) is 5.62. The second-order valence-corrected chi connectivity index (χ2v) is 4.10. The first-order chi connectivity index (χ1) is 8.20. The fourth-order valence-corrected chi connectivity index (χ4v) is 2.02. The van der Waals surface area contributed by atoms with Crippen molar-refractivity contribution in [2.24, 2.45) is 5.16 Å². The number of ether oxygens (including phenoxy) is 1. The van der Waals surface area contributed by atoms with E-state index in [2.05, 4.69) is 27.7 Å². The van der Waals surface area contributed by atoms with Crippen LogP contribution in [-0.2, 0) is 16.0 Å². The van der Waals surface area contributed by atoms with Crippen LogP contribution < -0.4 is 0 Å². The zero-order chi connectivity index (χ0) is 12.3. The van der Waals surface area contributed by atoms with Gasteiger partial charge in [0.05, 0.1) is 12.8 Å². The molecule has 1 aromatic rings. The summed E-state index contributed by atoms with van der Waals surface area (Å²) in [6.45, 7) is 2.07. The quantitative estimate of drug-likeness (QED) is 0.425. The number of oxime groups is 1. The number of nitrogens with zero attached hydrogens (tertiary/aromatic N) is 1. The normalized spacial score (nSPS) is 16.5. The molecule has 0 saturated heterocycles. The molecule has 1 aromatic carbocycles. The van der Waals surface area contributed by atoms with Gasteiger partial charge in [-0.1, -0.05) is 28.9 Å². The molecule has 1 aliphatic carbocycles. The third-order valence-electron chi connectivity index (χ3n) is 2.83. The van der Waals surface area contributed by atoms with Gasteiger partial charge in [0.15, 0.2) is 0 Å². The van der Waals surface area contributed by atoms with Crippen molar-refractivity contribution in [3.05, 3.63) is 34.9 Å². The van der Waals surface area contributed by atoms with Crippen LogP contribution in [0.25, 0.3) is 0 Å². The van der Waals surface area contributed by atoms with Gasteiger partial charge in [0.1, 0.15) is 0 Å². The van der Waals surface area contributed by atoms with E-state index in [1.807, 2.05) is 12.1 Å². The fraction of sp³-hybridized carbons (Fsp3) is 0.385. The Labute approximate surface area is 100 Å². The Morgan fingerprint density at radius 1 is 1.35 bits per heavy atom. The third kappa shape index (κ3) is 2.64. The molecule has 4 heteroatoms. The summed E-state index contributed by atoms with van der Waals surface area (Å²) in [5.74, 6) is 0. The lowest BCUT2D eigenvalue weighted by molar-refractivity contribution is 0.0751.